The van der Waals surface area contributed by atoms with Crippen LogP contribution in [0.25, 0.3) is 0 Å². The molecule has 1 aliphatic rings. The molecule has 0 saturated carbocycles. The highest BCUT2D eigenvalue weighted by Gasteiger charge is 2.34. The molecule has 0 radical (unpaired) electrons. The minimum atomic E-state index is -3.00. The number of rotatable bonds is 7. The van der Waals surface area contributed by atoms with Crippen molar-refractivity contribution in [2.75, 3.05) is 11.5 Å². The molecule has 1 heterocycles. The van der Waals surface area contributed by atoms with Gasteiger partial charge in [0.25, 0.3) is 0 Å². The van der Waals surface area contributed by atoms with E-state index >= 15 is 0 Å². The largest absolute Gasteiger partial charge is 0.334 e. The second-order valence-corrected chi connectivity index (χ2v) is 9.31. The number of hydrogen-bond acceptors (Lipinski definition) is 3. The van der Waals surface area contributed by atoms with Gasteiger partial charge >= 0.3 is 0 Å². The smallest absolute Gasteiger partial charge is 0.223 e. The number of amides is 1. The molecule has 1 amide bonds. The van der Waals surface area contributed by atoms with Crippen LogP contribution in [0.1, 0.15) is 63.5 Å². The first-order valence-electron chi connectivity index (χ1n) is 8.91. The molecule has 0 unspecified atom stereocenters. The summed E-state index contributed by atoms with van der Waals surface area (Å²) in [4.78, 5) is 14.4. The Morgan fingerprint density at radius 2 is 1.92 bits per heavy atom. The minimum Gasteiger partial charge on any atom is -0.334 e. The number of hydrogen-bond donors (Lipinski definition) is 0. The fourth-order valence-corrected chi connectivity index (χ4v) is 4.85. The van der Waals surface area contributed by atoms with Crippen molar-refractivity contribution in [1.29, 1.82) is 0 Å². The highest BCUT2D eigenvalue weighted by Crippen LogP contribution is 2.22. The average Bonchev–Trinajstić information content (AvgIpc) is 2.90. The summed E-state index contributed by atoms with van der Waals surface area (Å²) in [6.07, 6.45) is 2.87. The molecule has 134 valence electrons. The number of carbonyl (C=O) groups is 1. The van der Waals surface area contributed by atoms with E-state index in [9.17, 15) is 13.2 Å². The molecule has 1 aliphatic heterocycles. The summed E-state index contributed by atoms with van der Waals surface area (Å²) in [5, 5.41) is 0. The van der Waals surface area contributed by atoms with E-state index in [1.54, 1.807) is 4.90 Å². The lowest BCUT2D eigenvalue weighted by atomic mass is 10.0. The molecular weight excluding hydrogens is 322 g/mol. The van der Waals surface area contributed by atoms with Crippen LogP contribution in [0.2, 0.25) is 0 Å². The van der Waals surface area contributed by atoms with E-state index in [0.29, 0.717) is 25.3 Å². The molecule has 4 nitrogen and oxygen atoms in total. The molecular formula is C19H29NO3S. The topological polar surface area (TPSA) is 54.5 Å². The van der Waals surface area contributed by atoms with Gasteiger partial charge in [-0.15, -0.1) is 0 Å². The Bertz CT molecular complexity index is 650. The molecule has 1 fully saturated rings. The average molecular weight is 352 g/mol. The lowest BCUT2D eigenvalue weighted by Crippen LogP contribution is -2.40. The molecule has 5 heteroatoms. The second kappa shape index (κ2) is 8.15. The molecule has 2 rings (SSSR count). The Hall–Kier alpha value is -1.36. The summed E-state index contributed by atoms with van der Waals surface area (Å²) >= 11 is 0. The van der Waals surface area contributed by atoms with Gasteiger partial charge in [-0.1, -0.05) is 51.5 Å². The van der Waals surface area contributed by atoms with Gasteiger partial charge in [0.15, 0.2) is 9.84 Å². The Labute approximate surface area is 146 Å². The zero-order valence-electron chi connectivity index (χ0n) is 15.0. The van der Waals surface area contributed by atoms with E-state index < -0.39 is 9.84 Å². The molecule has 0 N–H and O–H groups in total. The maximum absolute atomic E-state index is 12.6. The zero-order valence-corrected chi connectivity index (χ0v) is 15.8. The van der Waals surface area contributed by atoms with Gasteiger partial charge in [-0.3, -0.25) is 4.79 Å². The molecule has 1 atom stereocenters. The molecule has 0 bridgehead atoms. The van der Waals surface area contributed by atoms with Crippen LogP contribution in [0, 0.1) is 0 Å². The lowest BCUT2D eigenvalue weighted by Gasteiger charge is -2.28. The van der Waals surface area contributed by atoms with E-state index in [1.807, 2.05) is 0 Å². The first-order valence-corrected chi connectivity index (χ1v) is 10.7. The van der Waals surface area contributed by atoms with Crippen molar-refractivity contribution in [3.8, 4) is 0 Å². The SMILES string of the molecule is CCCCC(=O)N(Cc1ccc(C(C)C)cc1)[C@H]1CCS(=O)(=O)C1. The van der Waals surface area contributed by atoms with Crippen LogP contribution < -0.4 is 0 Å². The van der Waals surface area contributed by atoms with Gasteiger partial charge in [0.05, 0.1) is 11.5 Å². The van der Waals surface area contributed by atoms with E-state index in [0.717, 1.165) is 18.4 Å². The first kappa shape index (κ1) is 19.0. The molecule has 1 aromatic carbocycles. The van der Waals surface area contributed by atoms with Crippen molar-refractivity contribution >= 4 is 15.7 Å². The zero-order chi connectivity index (χ0) is 17.7. The maximum Gasteiger partial charge on any atom is 0.223 e. The second-order valence-electron chi connectivity index (χ2n) is 7.08. The van der Waals surface area contributed by atoms with Crippen molar-refractivity contribution in [2.45, 2.75) is 65.0 Å². The van der Waals surface area contributed by atoms with Crippen LogP contribution in [0.3, 0.4) is 0 Å². The third-order valence-corrected chi connectivity index (χ3v) is 6.46. The summed E-state index contributed by atoms with van der Waals surface area (Å²) in [6.45, 7) is 6.86. The van der Waals surface area contributed by atoms with Crippen molar-refractivity contribution < 1.29 is 13.2 Å². The maximum atomic E-state index is 12.6. The van der Waals surface area contributed by atoms with E-state index in [2.05, 4.69) is 45.0 Å². The van der Waals surface area contributed by atoms with E-state index in [4.69, 9.17) is 0 Å². The highest BCUT2D eigenvalue weighted by atomic mass is 32.2. The monoisotopic (exact) mass is 351 g/mol. The van der Waals surface area contributed by atoms with Crippen molar-refractivity contribution in [3.05, 3.63) is 35.4 Å². The third-order valence-electron chi connectivity index (χ3n) is 4.71. The fourth-order valence-electron chi connectivity index (χ4n) is 3.12. The molecule has 24 heavy (non-hydrogen) atoms. The summed E-state index contributed by atoms with van der Waals surface area (Å²) in [5.41, 5.74) is 2.33. The Morgan fingerprint density at radius 3 is 2.42 bits per heavy atom. The number of nitrogens with zero attached hydrogens (tertiary/aromatic N) is 1. The number of carbonyl (C=O) groups excluding carboxylic acids is 1. The molecule has 1 saturated heterocycles. The van der Waals surface area contributed by atoms with Crippen molar-refractivity contribution in [2.24, 2.45) is 0 Å². The predicted molar refractivity (Wildman–Crippen MR) is 97.7 cm³/mol. The molecule has 0 spiro atoms. The van der Waals surface area contributed by atoms with Gasteiger partial charge in [0.2, 0.25) is 5.91 Å². The van der Waals surface area contributed by atoms with Crippen LogP contribution in [0.5, 0.6) is 0 Å². The van der Waals surface area contributed by atoms with Gasteiger partial charge in [0, 0.05) is 19.0 Å². The number of sulfone groups is 1. The molecule has 0 aliphatic carbocycles. The first-order chi connectivity index (χ1) is 11.3. The van der Waals surface area contributed by atoms with E-state index in [1.165, 1.54) is 5.56 Å². The van der Waals surface area contributed by atoms with Crippen LogP contribution in [0.4, 0.5) is 0 Å². The highest BCUT2D eigenvalue weighted by molar-refractivity contribution is 7.91. The number of unbranched alkanes of at least 4 members (excludes halogenated alkanes) is 1. The van der Waals surface area contributed by atoms with Crippen LogP contribution in [0.15, 0.2) is 24.3 Å². The standard InChI is InChI=1S/C19H29NO3S/c1-4-5-6-19(21)20(18-11-12-24(22,23)14-18)13-16-7-9-17(10-8-16)15(2)3/h7-10,15,18H,4-6,11-14H2,1-3H3/t18-/m0/s1. The Balaban J connectivity index is 2.14. The number of benzene rings is 1. The predicted octanol–water partition coefficient (Wildman–Crippen LogP) is 3.52. The molecule has 1 aromatic rings. The summed E-state index contributed by atoms with van der Waals surface area (Å²) < 4.78 is 23.6. The van der Waals surface area contributed by atoms with Crippen LogP contribution in [-0.4, -0.2) is 36.8 Å². The van der Waals surface area contributed by atoms with Gasteiger partial charge in [-0.25, -0.2) is 8.42 Å². The lowest BCUT2D eigenvalue weighted by molar-refractivity contribution is -0.133. The minimum absolute atomic E-state index is 0.0758. The van der Waals surface area contributed by atoms with Gasteiger partial charge < -0.3 is 4.90 Å². The summed E-state index contributed by atoms with van der Waals surface area (Å²) in [6, 6.07) is 8.13. The quantitative estimate of drug-likeness (QED) is 0.755. The van der Waals surface area contributed by atoms with Crippen molar-refractivity contribution in [1.82, 2.24) is 4.90 Å². The van der Waals surface area contributed by atoms with Gasteiger partial charge in [-0.05, 0) is 29.9 Å². The third kappa shape index (κ3) is 5.07. The Kier molecular flexibility index (Phi) is 6.44. The normalized spacial score (nSPS) is 19.6. The Morgan fingerprint density at radius 1 is 1.25 bits per heavy atom. The van der Waals surface area contributed by atoms with Gasteiger partial charge in [-0.2, -0.15) is 0 Å². The van der Waals surface area contributed by atoms with Crippen molar-refractivity contribution in [3.63, 3.8) is 0 Å². The molecule has 0 aromatic heterocycles. The van der Waals surface area contributed by atoms with Gasteiger partial charge in [0.1, 0.15) is 0 Å². The fraction of sp³-hybridized carbons (Fsp3) is 0.632. The van der Waals surface area contributed by atoms with Crippen LogP contribution >= 0.6 is 0 Å². The van der Waals surface area contributed by atoms with Crippen LogP contribution in [-0.2, 0) is 21.2 Å². The van der Waals surface area contributed by atoms with E-state index in [-0.39, 0.29) is 23.5 Å². The summed E-state index contributed by atoms with van der Waals surface area (Å²) in [7, 11) is -3.00. The summed E-state index contributed by atoms with van der Waals surface area (Å²) in [5.74, 6) is 0.851.